The van der Waals surface area contributed by atoms with Crippen molar-refractivity contribution in [2.45, 2.75) is 18.9 Å². The van der Waals surface area contributed by atoms with Crippen molar-refractivity contribution >= 4 is 5.82 Å². The van der Waals surface area contributed by atoms with Crippen molar-refractivity contribution in [2.75, 3.05) is 38.6 Å². The average Bonchev–Trinajstić information content (AvgIpc) is 3.15. The average molecular weight is 388 g/mol. The van der Waals surface area contributed by atoms with E-state index in [2.05, 4.69) is 10.2 Å². The minimum absolute atomic E-state index is 0.155. The Morgan fingerprint density at radius 1 is 1.14 bits per heavy atom. The van der Waals surface area contributed by atoms with Gasteiger partial charge in [-0.15, -0.1) is 0 Å². The predicted octanol–water partition coefficient (Wildman–Crippen LogP) is 1.05. The summed E-state index contributed by atoms with van der Waals surface area (Å²) in [6.07, 6.45) is 2.04. The first-order chi connectivity index (χ1) is 13.5. The fourth-order valence-corrected chi connectivity index (χ4v) is 3.41. The number of methoxy groups -OCH3 is 1. The number of hydrogen-bond acceptors (Lipinski definition) is 6. The Hall–Kier alpha value is -2.74. The van der Waals surface area contributed by atoms with E-state index in [1.165, 1.54) is 17.7 Å². The van der Waals surface area contributed by atoms with Gasteiger partial charge in [0.25, 0.3) is 5.56 Å². The lowest BCUT2D eigenvalue weighted by atomic mass is 10.3. The van der Waals surface area contributed by atoms with Crippen molar-refractivity contribution in [2.24, 2.45) is 14.1 Å². The Labute approximate surface area is 164 Å². The van der Waals surface area contributed by atoms with Crippen LogP contribution in [0, 0.1) is 0 Å². The largest absolute Gasteiger partial charge is 0.493 e. The number of benzene rings is 1. The van der Waals surface area contributed by atoms with Gasteiger partial charge >= 0.3 is 5.69 Å². The van der Waals surface area contributed by atoms with Crippen LogP contribution in [-0.4, -0.2) is 53.4 Å². The van der Waals surface area contributed by atoms with Gasteiger partial charge in [0.15, 0.2) is 11.5 Å². The summed E-state index contributed by atoms with van der Waals surface area (Å²) in [5, 5.41) is 3.19. The molecule has 0 aliphatic carbocycles. The van der Waals surface area contributed by atoms with E-state index in [9.17, 15) is 9.59 Å². The highest BCUT2D eigenvalue weighted by atomic mass is 16.5. The van der Waals surface area contributed by atoms with Gasteiger partial charge in [0.05, 0.1) is 7.11 Å². The van der Waals surface area contributed by atoms with E-state index >= 15 is 0 Å². The second-order valence-electron chi connectivity index (χ2n) is 7.03. The molecule has 2 heterocycles. The number of aromatic nitrogens is 2. The Bertz CT molecular complexity index is 921. The lowest BCUT2D eigenvalue weighted by Gasteiger charge is -2.18. The number of ether oxygens (including phenoxy) is 2. The number of likely N-dealkylation sites (tertiary alicyclic amines) is 1. The first kappa shape index (κ1) is 20.0. The first-order valence-electron chi connectivity index (χ1n) is 9.52. The maximum absolute atomic E-state index is 11.9. The Morgan fingerprint density at radius 3 is 2.64 bits per heavy atom. The summed E-state index contributed by atoms with van der Waals surface area (Å²) in [5.41, 5.74) is -0.632. The minimum atomic E-state index is -0.328. The van der Waals surface area contributed by atoms with Crippen molar-refractivity contribution in [3.05, 3.63) is 51.2 Å². The quantitative estimate of drug-likeness (QED) is 0.681. The van der Waals surface area contributed by atoms with Crippen LogP contribution in [0.25, 0.3) is 0 Å². The monoisotopic (exact) mass is 388 g/mol. The van der Waals surface area contributed by atoms with Crippen molar-refractivity contribution < 1.29 is 9.47 Å². The zero-order valence-corrected chi connectivity index (χ0v) is 16.7. The first-order valence-corrected chi connectivity index (χ1v) is 9.52. The van der Waals surface area contributed by atoms with E-state index in [0.717, 1.165) is 48.5 Å². The van der Waals surface area contributed by atoms with Gasteiger partial charge in [-0.2, -0.15) is 0 Å². The lowest BCUT2D eigenvalue weighted by molar-refractivity contribution is 0.192. The highest BCUT2D eigenvalue weighted by Crippen LogP contribution is 2.28. The van der Waals surface area contributed by atoms with Crippen LogP contribution in [-0.2, 0) is 14.1 Å². The molecule has 8 nitrogen and oxygen atoms in total. The summed E-state index contributed by atoms with van der Waals surface area (Å²) in [7, 11) is 4.78. The molecule has 0 spiro atoms. The SMILES string of the molecule is COc1ccccc1OC1CCN(CCCNc2cc(=O)n(C)c(=O)n2C)C1. The Morgan fingerprint density at radius 2 is 1.89 bits per heavy atom. The second-order valence-corrected chi connectivity index (χ2v) is 7.03. The number of para-hydroxylation sites is 2. The molecule has 152 valence electrons. The highest BCUT2D eigenvalue weighted by Gasteiger charge is 2.24. The van der Waals surface area contributed by atoms with Crippen LogP contribution >= 0.6 is 0 Å². The maximum Gasteiger partial charge on any atom is 0.332 e. The van der Waals surface area contributed by atoms with Crippen molar-refractivity contribution in [1.82, 2.24) is 14.0 Å². The molecule has 0 amide bonds. The molecular weight excluding hydrogens is 360 g/mol. The third-order valence-corrected chi connectivity index (χ3v) is 5.08. The lowest BCUT2D eigenvalue weighted by Crippen LogP contribution is -2.37. The van der Waals surface area contributed by atoms with Gasteiger partial charge in [-0.3, -0.25) is 18.8 Å². The molecule has 28 heavy (non-hydrogen) atoms. The molecule has 1 aliphatic heterocycles. The van der Waals surface area contributed by atoms with E-state index in [-0.39, 0.29) is 17.4 Å². The summed E-state index contributed by atoms with van der Waals surface area (Å²) in [6, 6.07) is 9.16. The zero-order chi connectivity index (χ0) is 20.1. The van der Waals surface area contributed by atoms with Crippen LogP contribution in [0.15, 0.2) is 39.9 Å². The molecule has 1 atom stereocenters. The van der Waals surface area contributed by atoms with Crippen LogP contribution in [0.4, 0.5) is 5.82 Å². The van der Waals surface area contributed by atoms with Gasteiger partial charge in [0.1, 0.15) is 11.9 Å². The topological polar surface area (TPSA) is 77.7 Å². The van der Waals surface area contributed by atoms with Crippen LogP contribution < -0.4 is 26.0 Å². The molecular formula is C20H28N4O4. The molecule has 1 saturated heterocycles. The fraction of sp³-hybridized carbons (Fsp3) is 0.500. The van der Waals surface area contributed by atoms with E-state index in [1.807, 2.05) is 24.3 Å². The zero-order valence-electron chi connectivity index (χ0n) is 16.7. The number of rotatable bonds is 8. The highest BCUT2D eigenvalue weighted by molar-refractivity contribution is 5.39. The maximum atomic E-state index is 11.9. The van der Waals surface area contributed by atoms with Gasteiger partial charge in [0.2, 0.25) is 0 Å². The van der Waals surface area contributed by atoms with E-state index < -0.39 is 0 Å². The van der Waals surface area contributed by atoms with E-state index in [4.69, 9.17) is 9.47 Å². The molecule has 1 aliphatic rings. The smallest absolute Gasteiger partial charge is 0.332 e. The van der Waals surface area contributed by atoms with Gasteiger partial charge in [0, 0.05) is 39.8 Å². The summed E-state index contributed by atoms with van der Waals surface area (Å²) >= 11 is 0. The molecule has 0 radical (unpaired) electrons. The van der Waals surface area contributed by atoms with Crippen LogP contribution in [0.1, 0.15) is 12.8 Å². The number of anilines is 1. The number of hydrogen-bond donors (Lipinski definition) is 1. The summed E-state index contributed by atoms with van der Waals surface area (Å²) in [6.45, 7) is 3.49. The molecule has 1 aromatic carbocycles. The molecule has 3 rings (SSSR count). The Balaban J connectivity index is 1.45. The summed E-state index contributed by atoms with van der Waals surface area (Å²) < 4.78 is 14.0. The normalized spacial score (nSPS) is 16.9. The molecule has 1 unspecified atom stereocenters. The van der Waals surface area contributed by atoms with Crippen molar-refractivity contribution in [3.8, 4) is 11.5 Å². The molecule has 1 aromatic heterocycles. The molecule has 1 N–H and O–H groups in total. The van der Waals surface area contributed by atoms with Gasteiger partial charge in [-0.05, 0) is 31.5 Å². The van der Waals surface area contributed by atoms with Crippen LogP contribution in [0.3, 0.4) is 0 Å². The van der Waals surface area contributed by atoms with Gasteiger partial charge in [-0.1, -0.05) is 12.1 Å². The third kappa shape index (κ3) is 4.56. The van der Waals surface area contributed by atoms with Gasteiger partial charge in [-0.25, -0.2) is 4.79 Å². The second kappa shape index (κ2) is 8.97. The fourth-order valence-electron chi connectivity index (χ4n) is 3.41. The third-order valence-electron chi connectivity index (χ3n) is 5.08. The molecule has 2 aromatic rings. The van der Waals surface area contributed by atoms with E-state index in [0.29, 0.717) is 12.4 Å². The van der Waals surface area contributed by atoms with Crippen molar-refractivity contribution in [1.29, 1.82) is 0 Å². The standard InChI is InChI=1S/C20H28N4O4/c1-22-18(13-19(25)23(2)20(22)26)21-10-6-11-24-12-9-15(14-24)28-17-8-5-4-7-16(17)27-3/h4-5,7-8,13,15,21H,6,9-12,14H2,1-3H3. The molecule has 1 fully saturated rings. The minimum Gasteiger partial charge on any atom is -0.493 e. The number of nitrogens with zero attached hydrogens (tertiary/aromatic N) is 3. The van der Waals surface area contributed by atoms with E-state index in [1.54, 1.807) is 14.2 Å². The summed E-state index contributed by atoms with van der Waals surface area (Å²) in [4.78, 5) is 26.1. The number of nitrogens with one attached hydrogen (secondary N) is 1. The molecule has 0 saturated carbocycles. The predicted molar refractivity (Wildman–Crippen MR) is 108 cm³/mol. The van der Waals surface area contributed by atoms with Crippen LogP contribution in [0.5, 0.6) is 11.5 Å². The van der Waals surface area contributed by atoms with Crippen LogP contribution in [0.2, 0.25) is 0 Å². The van der Waals surface area contributed by atoms with Gasteiger partial charge < -0.3 is 14.8 Å². The molecule has 0 bridgehead atoms. The Kier molecular flexibility index (Phi) is 6.41. The van der Waals surface area contributed by atoms with Crippen molar-refractivity contribution in [3.63, 3.8) is 0 Å². The summed E-state index contributed by atoms with van der Waals surface area (Å²) in [5.74, 6) is 2.08. The molecule has 8 heteroatoms.